The number of nitrogens with zero attached hydrogens (tertiary/aromatic N) is 1. The number of aliphatic imine (C=N–C) groups is 1. The Morgan fingerprint density at radius 2 is 2.00 bits per heavy atom. The van der Waals surface area contributed by atoms with Crippen molar-refractivity contribution in [1.82, 2.24) is 0 Å². The molecule has 1 aromatic carbocycles. The first-order chi connectivity index (χ1) is 9.24. The van der Waals surface area contributed by atoms with Crippen molar-refractivity contribution < 1.29 is 13.9 Å². The van der Waals surface area contributed by atoms with Crippen LogP contribution in [-0.4, -0.2) is 11.9 Å². The van der Waals surface area contributed by atoms with Gasteiger partial charge in [0.05, 0.1) is 16.8 Å². The summed E-state index contributed by atoms with van der Waals surface area (Å²) in [6.07, 6.45) is 3.04. The quantitative estimate of drug-likeness (QED) is 0.623. The summed E-state index contributed by atoms with van der Waals surface area (Å²) in [5.74, 6) is 0.218. The number of furan rings is 1. The molecule has 2 heterocycles. The number of carbonyl (C=O) groups is 1. The third kappa shape index (κ3) is 2.30. The average Bonchev–Trinajstić information content (AvgIpc) is 3.02. The number of halogens is 1. The molecule has 0 amide bonds. The molecule has 0 aliphatic carbocycles. The molecule has 2 aromatic rings. The highest BCUT2D eigenvalue weighted by Gasteiger charge is 2.25. The van der Waals surface area contributed by atoms with E-state index < -0.39 is 5.97 Å². The van der Waals surface area contributed by atoms with Gasteiger partial charge in [-0.1, -0.05) is 23.7 Å². The minimum Gasteiger partial charge on any atom is -0.465 e. The van der Waals surface area contributed by atoms with Crippen LogP contribution in [0.25, 0.3) is 6.08 Å². The zero-order valence-corrected chi connectivity index (χ0v) is 10.4. The number of esters is 1. The lowest BCUT2D eigenvalue weighted by Gasteiger charge is -2.00. The second kappa shape index (κ2) is 4.74. The minimum absolute atomic E-state index is 0.185. The topological polar surface area (TPSA) is 51.8 Å². The van der Waals surface area contributed by atoms with Crippen LogP contribution >= 0.6 is 11.6 Å². The Morgan fingerprint density at radius 3 is 2.74 bits per heavy atom. The smallest absolute Gasteiger partial charge is 0.363 e. The van der Waals surface area contributed by atoms with Crippen molar-refractivity contribution in [3.8, 4) is 0 Å². The van der Waals surface area contributed by atoms with E-state index in [9.17, 15) is 4.79 Å². The van der Waals surface area contributed by atoms with E-state index in [1.165, 1.54) is 12.3 Å². The minimum atomic E-state index is -0.522. The second-order valence-electron chi connectivity index (χ2n) is 3.83. The summed E-state index contributed by atoms with van der Waals surface area (Å²) in [4.78, 5) is 15.8. The molecule has 1 aliphatic heterocycles. The SMILES string of the molecule is O=C1OC(c2ccccc2Cl)=N/C1=C/c1ccco1. The molecule has 1 aliphatic rings. The summed E-state index contributed by atoms with van der Waals surface area (Å²) < 4.78 is 10.2. The van der Waals surface area contributed by atoms with Crippen LogP contribution in [0.3, 0.4) is 0 Å². The Kier molecular flexibility index (Phi) is 2.93. The molecule has 5 heteroatoms. The summed E-state index contributed by atoms with van der Waals surface area (Å²) in [7, 11) is 0. The van der Waals surface area contributed by atoms with Gasteiger partial charge in [0.2, 0.25) is 5.90 Å². The van der Waals surface area contributed by atoms with E-state index in [1.54, 1.807) is 36.4 Å². The molecule has 0 N–H and O–H groups in total. The summed E-state index contributed by atoms with van der Waals surface area (Å²) in [6.45, 7) is 0. The van der Waals surface area contributed by atoms with Crippen molar-refractivity contribution in [3.63, 3.8) is 0 Å². The Labute approximate surface area is 114 Å². The predicted octanol–water partition coefficient (Wildman–Crippen LogP) is 3.28. The Morgan fingerprint density at radius 1 is 1.16 bits per heavy atom. The molecule has 0 saturated carbocycles. The third-order valence-corrected chi connectivity index (χ3v) is 2.88. The van der Waals surface area contributed by atoms with Crippen molar-refractivity contribution in [2.24, 2.45) is 4.99 Å². The van der Waals surface area contributed by atoms with Gasteiger partial charge in [-0.05, 0) is 24.3 Å². The largest absolute Gasteiger partial charge is 0.465 e. The molecule has 94 valence electrons. The fraction of sp³-hybridized carbons (Fsp3) is 0. The lowest BCUT2D eigenvalue weighted by atomic mass is 10.2. The van der Waals surface area contributed by atoms with Gasteiger partial charge in [-0.15, -0.1) is 0 Å². The number of carbonyl (C=O) groups excluding carboxylic acids is 1. The number of rotatable bonds is 2. The summed E-state index contributed by atoms with van der Waals surface area (Å²) >= 11 is 6.03. The average molecular weight is 274 g/mol. The van der Waals surface area contributed by atoms with E-state index in [0.717, 1.165) is 0 Å². The number of ether oxygens (including phenoxy) is 1. The van der Waals surface area contributed by atoms with E-state index in [1.807, 2.05) is 0 Å². The first kappa shape index (κ1) is 11.7. The van der Waals surface area contributed by atoms with Gasteiger partial charge in [0.15, 0.2) is 5.70 Å². The zero-order valence-electron chi connectivity index (χ0n) is 9.67. The van der Waals surface area contributed by atoms with E-state index in [2.05, 4.69) is 4.99 Å². The summed E-state index contributed by atoms with van der Waals surface area (Å²) in [5.41, 5.74) is 0.769. The molecule has 0 saturated heterocycles. The first-order valence-electron chi connectivity index (χ1n) is 5.55. The van der Waals surface area contributed by atoms with Crippen LogP contribution in [0.1, 0.15) is 11.3 Å². The molecule has 0 fully saturated rings. The van der Waals surface area contributed by atoms with Crippen LogP contribution in [0.5, 0.6) is 0 Å². The first-order valence-corrected chi connectivity index (χ1v) is 5.93. The van der Waals surface area contributed by atoms with Gasteiger partial charge >= 0.3 is 5.97 Å². The van der Waals surface area contributed by atoms with Crippen LogP contribution < -0.4 is 0 Å². The van der Waals surface area contributed by atoms with Gasteiger partial charge in [0.1, 0.15) is 5.76 Å². The molecule has 0 bridgehead atoms. The molecule has 0 atom stereocenters. The number of hydrogen-bond acceptors (Lipinski definition) is 4. The molecule has 0 unspecified atom stereocenters. The second-order valence-corrected chi connectivity index (χ2v) is 4.24. The highest BCUT2D eigenvalue weighted by molar-refractivity contribution is 6.34. The fourth-order valence-corrected chi connectivity index (χ4v) is 1.88. The van der Waals surface area contributed by atoms with E-state index >= 15 is 0 Å². The van der Waals surface area contributed by atoms with Crippen molar-refractivity contribution in [1.29, 1.82) is 0 Å². The maximum atomic E-state index is 11.7. The standard InChI is InChI=1S/C14H8ClNO3/c15-11-6-2-1-5-10(11)13-16-12(14(17)19-13)8-9-4-3-7-18-9/h1-8H/b12-8+. The molecule has 0 spiro atoms. The Balaban J connectivity index is 1.98. The van der Waals surface area contributed by atoms with E-state index in [0.29, 0.717) is 16.3 Å². The van der Waals surface area contributed by atoms with Crippen LogP contribution in [-0.2, 0) is 9.53 Å². The number of hydrogen-bond donors (Lipinski definition) is 0. The summed E-state index contributed by atoms with van der Waals surface area (Å²) in [6, 6.07) is 10.5. The van der Waals surface area contributed by atoms with Crippen LogP contribution in [0.2, 0.25) is 5.02 Å². The van der Waals surface area contributed by atoms with Gasteiger partial charge in [-0.2, -0.15) is 0 Å². The number of benzene rings is 1. The molecule has 0 radical (unpaired) electrons. The van der Waals surface area contributed by atoms with Crippen molar-refractivity contribution in [3.05, 3.63) is 64.7 Å². The molecule has 1 aromatic heterocycles. The van der Waals surface area contributed by atoms with E-state index in [-0.39, 0.29) is 11.6 Å². The van der Waals surface area contributed by atoms with Gasteiger partial charge < -0.3 is 9.15 Å². The maximum absolute atomic E-state index is 11.7. The lowest BCUT2D eigenvalue weighted by Crippen LogP contribution is -2.05. The Hall–Kier alpha value is -2.33. The van der Waals surface area contributed by atoms with Crippen molar-refractivity contribution in [2.45, 2.75) is 0 Å². The Bertz CT molecular complexity index is 686. The zero-order chi connectivity index (χ0) is 13.2. The molecular weight excluding hydrogens is 266 g/mol. The molecule has 19 heavy (non-hydrogen) atoms. The predicted molar refractivity (Wildman–Crippen MR) is 70.8 cm³/mol. The third-order valence-electron chi connectivity index (χ3n) is 2.55. The van der Waals surface area contributed by atoms with E-state index in [4.69, 9.17) is 20.8 Å². The normalized spacial score (nSPS) is 16.6. The monoisotopic (exact) mass is 273 g/mol. The van der Waals surface area contributed by atoms with Crippen LogP contribution in [0, 0.1) is 0 Å². The summed E-state index contributed by atoms with van der Waals surface area (Å²) in [5, 5.41) is 0.480. The van der Waals surface area contributed by atoms with Gasteiger partial charge in [-0.3, -0.25) is 0 Å². The molecule has 3 rings (SSSR count). The maximum Gasteiger partial charge on any atom is 0.363 e. The highest BCUT2D eigenvalue weighted by atomic mass is 35.5. The van der Waals surface area contributed by atoms with Gasteiger partial charge in [0.25, 0.3) is 0 Å². The van der Waals surface area contributed by atoms with Crippen molar-refractivity contribution in [2.75, 3.05) is 0 Å². The lowest BCUT2D eigenvalue weighted by molar-refractivity contribution is -0.129. The van der Waals surface area contributed by atoms with Gasteiger partial charge in [0, 0.05) is 6.08 Å². The van der Waals surface area contributed by atoms with Crippen molar-refractivity contribution >= 4 is 29.5 Å². The molecule has 4 nitrogen and oxygen atoms in total. The van der Waals surface area contributed by atoms with Crippen LogP contribution in [0.4, 0.5) is 0 Å². The fourth-order valence-electron chi connectivity index (χ4n) is 1.67. The highest BCUT2D eigenvalue weighted by Crippen LogP contribution is 2.23. The van der Waals surface area contributed by atoms with Crippen LogP contribution in [0.15, 0.2) is 57.8 Å². The molecular formula is C14H8ClNO3. The van der Waals surface area contributed by atoms with Gasteiger partial charge in [-0.25, -0.2) is 9.79 Å². The number of cyclic esters (lactones) is 1.